The van der Waals surface area contributed by atoms with Crippen LogP contribution in [0.5, 0.6) is 0 Å². The maximum atomic E-state index is 13.2. The molecule has 5 amide bonds. The van der Waals surface area contributed by atoms with Gasteiger partial charge in [0.25, 0.3) is 11.8 Å². The lowest BCUT2D eigenvalue weighted by molar-refractivity contribution is -0.158. The number of nitrogens with zero attached hydrogens (tertiary/aromatic N) is 2. The summed E-state index contributed by atoms with van der Waals surface area (Å²) in [5.41, 5.74) is 0.869. The zero-order valence-corrected chi connectivity index (χ0v) is 18.5. The minimum atomic E-state index is -1.09. The second-order valence-electron chi connectivity index (χ2n) is 8.32. The first-order valence-electron chi connectivity index (χ1n) is 10.6. The molecule has 0 aliphatic carbocycles. The number of benzene rings is 1. The molecular weight excluding hydrogens is 416 g/mol. The topological polar surface area (TPSA) is 125 Å². The van der Waals surface area contributed by atoms with Crippen LogP contribution < -0.4 is 10.7 Å². The minimum Gasteiger partial charge on any atom is -0.455 e. The molecule has 0 bridgehead atoms. The van der Waals surface area contributed by atoms with E-state index in [4.69, 9.17) is 4.74 Å². The van der Waals surface area contributed by atoms with Gasteiger partial charge in [-0.1, -0.05) is 37.3 Å². The number of carbonyl (C=O) groups is 5. The summed E-state index contributed by atoms with van der Waals surface area (Å²) in [5.74, 6) is -2.03. The number of hydrogen-bond donors (Lipinski definition) is 2. The summed E-state index contributed by atoms with van der Waals surface area (Å²) in [5, 5.41) is 3.13. The number of hydrogen-bond acceptors (Lipinski definition) is 6. The summed E-state index contributed by atoms with van der Waals surface area (Å²) in [6, 6.07) is 8.38. The van der Waals surface area contributed by atoms with E-state index in [-0.39, 0.29) is 5.91 Å². The third-order valence-corrected chi connectivity index (χ3v) is 6.32. The van der Waals surface area contributed by atoms with Crippen molar-refractivity contribution in [1.29, 1.82) is 0 Å². The largest absolute Gasteiger partial charge is 0.455 e. The minimum absolute atomic E-state index is 0.0629. The molecule has 0 spiro atoms. The smallest absolute Gasteiger partial charge is 0.344 e. The Morgan fingerprint density at radius 2 is 1.75 bits per heavy atom. The Hall–Kier alpha value is -3.43. The van der Waals surface area contributed by atoms with Crippen LogP contribution >= 0.6 is 0 Å². The van der Waals surface area contributed by atoms with E-state index in [9.17, 15) is 24.0 Å². The summed E-state index contributed by atoms with van der Waals surface area (Å²) < 4.78 is 5.33. The number of piperidine rings is 1. The standard InChI is InChI=1S/C22H28N4O6/c1-4-21(3)18(29)26(20(31)23-21)24-17(28)14-32-19(30)22(16-8-6-5-7-9-16)10-12-25(13-11-22)15(2)27/h5-9H,4,10-14H2,1-3H3,(H,23,31)(H,24,28). The molecule has 10 nitrogen and oxygen atoms in total. The van der Waals surface area contributed by atoms with Crippen molar-refractivity contribution < 1.29 is 28.7 Å². The van der Waals surface area contributed by atoms with Crippen molar-refractivity contribution in [3.63, 3.8) is 0 Å². The summed E-state index contributed by atoms with van der Waals surface area (Å²) in [7, 11) is 0. The van der Waals surface area contributed by atoms with Crippen LogP contribution in [0.1, 0.15) is 45.6 Å². The molecule has 0 radical (unpaired) electrons. The summed E-state index contributed by atoms with van der Waals surface area (Å²) in [6.45, 7) is 4.93. The van der Waals surface area contributed by atoms with Crippen molar-refractivity contribution in [2.45, 2.75) is 51.0 Å². The SMILES string of the molecule is CCC1(C)NC(=O)N(NC(=O)COC(=O)C2(c3ccccc3)CCN(C(C)=O)CC2)C1=O. The zero-order valence-electron chi connectivity index (χ0n) is 18.5. The number of nitrogens with one attached hydrogen (secondary N) is 2. The van der Waals surface area contributed by atoms with Gasteiger partial charge < -0.3 is 15.0 Å². The second-order valence-corrected chi connectivity index (χ2v) is 8.32. The van der Waals surface area contributed by atoms with Crippen molar-refractivity contribution in [1.82, 2.24) is 20.7 Å². The van der Waals surface area contributed by atoms with Crippen molar-refractivity contribution in [2.75, 3.05) is 19.7 Å². The van der Waals surface area contributed by atoms with Gasteiger partial charge in [-0.25, -0.2) is 4.79 Å². The molecule has 32 heavy (non-hydrogen) atoms. The Kier molecular flexibility index (Phi) is 6.52. The van der Waals surface area contributed by atoms with Crippen LogP contribution in [0.3, 0.4) is 0 Å². The van der Waals surface area contributed by atoms with E-state index in [1.165, 1.54) is 6.92 Å². The van der Waals surface area contributed by atoms with E-state index >= 15 is 0 Å². The lowest BCUT2D eigenvalue weighted by Gasteiger charge is -2.40. The number of urea groups is 1. The van der Waals surface area contributed by atoms with Crippen LogP contribution in [0.2, 0.25) is 0 Å². The van der Waals surface area contributed by atoms with E-state index < -0.39 is 41.4 Å². The molecule has 1 aromatic rings. The van der Waals surface area contributed by atoms with Gasteiger partial charge >= 0.3 is 12.0 Å². The van der Waals surface area contributed by atoms with Gasteiger partial charge in [-0.05, 0) is 31.7 Å². The molecule has 3 rings (SSSR count). The molecule has 2 aliphatic rings. The maximum Gasteiger partial charge on any atom is 0.344 e. The number of esters is 1. The number of imide groups is 1. The molecule has 2 aliphatic heterocycles. The number of hydrazine groups is 1. The predicted molar refractivity (Wildman–Crippen MR) is 113 cm³/mol. The lowest BCUT2D eigenvalue weighted by atomic mass is 9.72. The van der Waals surface area contributed by atoms with Crippen LogP contribution in [0.4, 0.5) is 4.79 Å². The molecule has 2 saturated heterocycles. The molecule has 1 atom stereocenters. The molecule has 0 aromatic heterocycles. The summed E-state index contributed by atoms with van der Waals surface area (Å²) in [4.78, 5) is 63.3. The Bertz CT molecular complexity index is 926. The highest BCUT2D eigenvalue weighted by atomic mass is 16.5. The molecular formula is C22H28N4O6. The predicted octanol–water partition coefficient (Wildman–Crippen LogP) is 0.862. The first-order valence-corrected chi connectivity index (χ1v) is 10.6. The molecule has 172 valence electrons. The molecule has 1 aromatic carbocycles. The Labute approximate surface area is 186 Å². The highest BCUT2D eigenvalue weighted by molar-refractivity contribution is 6.07. The van der Waals surface area contributed by atoms with Crippen molar-refractivity contribution in [3.8, 4) is 0 Å². The van der Waals surface area contributed by atoms with Gasteiger partial charge in [0.15, 0.2) is 6.61 Å². The van der Waals surface area contributed by atoms with Gasteiger partial charge in [-0.3, -0.25) is 24.6 Å². The van der Waals surface area contributed by atoms with E-state index in [0.717, 1.165) is 5.56 Å². The lowest BCUT2D eigenvalue weighted by Crippen LogP contribution is -2.51. The fraction of sp³-hybridized carbons (Fsp3) is 0.500. The van der Waals surface area contributed by atoms with Crippen LogP contribution in [-0.4, -0.2) is 64.9 Å². The number of amides is 5. The fourth-order valence-electron chi connectivity index (χ4n) is 4.02. The number of likely N-dealkylation sites (tertiary alicyclic amines) is 1. The number of ether oxygens (including phenoxy) is 1. The van der Waals surface area contributed by atoms with Gasteiger partial charge in [0.1, 0.15) is 5.54 Å². The molecule has 10 heteroatoms. The Balaban J connectivity index is 1.67. The third kappa shape index (κ3) is 4.30. The van der Waals surface area contributed by atoms with Crippen LogP contribution in [0.15, 0.2) is 30.3 Å². The van der Waals surface area contributed by atoms with E-state index in [1.807, 2.05) is 30.3 Å². The third-order valence-electron chi connectivity index (χ3n) is 6.32. The number of carbonyl (C=O) groups excluding carboxylic acids is 5. The highest BCUT2D eigenvalue weighted by Crippen LogP contribution is 2.37. The van der Waals surface area contributed by atoms with Gasteiger partial charge in [-0.15, -0.1) is 0 Å². The monoisotopic (exact) mass is 444 g/mol. The summed E-state index contributed by atoms with van der Waals surface area (Å²) >= 11 is 0. The van der Waals surface area contributed by atoms with Gasteiger partial charge in [0, 0.05) is 20.0 Å². The van der Waals surface area contributed by atoms with Gasteiger partial charge in [0.05, 0.1) is 5.41 Å². The average Bonchev–Trinajstić information content (AvgIpc) is 3.01. The van der Waals surface area contributed by atoms with Crippen LogP contribution in [-0.2, 0) is 29.3 Å². The number of rotatable bonds is 6. The molecule has 0 saturated carbocycles. The van der Waals surface area contributed by atoms with Gasteiger partial charge in [0.2, 0.25) is 5.91 Å². The highest BCUT2D eigenvalue weighted by Gasteiger charge is 2.48. The first kappa shape index (κ1) is 23.2. The maximum absolute atomic E-state index is 13.2. The zero-order chi connectivity index (χ0) is 23.5. The van der Waals surface area contributed by atoms with Crippen molar-refractivity contribution in [3.05, 3.63) is 35.9 Å². The molecule has 1 unspecified atom stereocenters. The van der Waals surface area contributed by atoms with Crippen LogP contribution in [0, 0.1) is 0 Å². The fourth-order valence-corrected chi connectivity index (χ4v) is 4.02. The first-order chi connectivity index (χ1) is 15.1. The molecule has 2 heterocycles. The quantitative estimate of drug-likeness (QED) is 0.495. The van der Waals surface area contributed by atoms with Crippen LogP contribution in [0.25, 0.3) is 0 Å². The normalized spacial score (nSPS) is 22.3. The molecule has 2 N–H and O–H groups in total. The second kappa shape index (κ2) is 8.97. The summed E-state index contributed by atoms with van der Waals surface area (Å²) in [6.07, 6.45) is 1.08. The van der Waals surface area contributed by atoms with E-state index in [0.29, 0.717) is 37.4 Å². The average molecular weight is 444 g/mol. The Morgan fingerprint density at radius 3 is 2.28 bits per heavy atom. The van der Waals surface area contributed by atoms with Crippen molar-refractivity contribution in [2.24, 2.45) is 0 Å². The van der Waals surface area contributed by atoms with E-state index in [1.54, 1.807) is 18.7 Å². The van der Waals surface area contributed by atoms with E-state index in [2.05, 4.69) is 10.7 Å². The van der Waals surface area contributed by atoms with Gasteiger partial charge in [-0.2, -0.15) is 5.01 Å². The molecule has 2 fully saturated rings. The Morgan fingerprint density at radius 1 is 1.12 bits per heavy atom. The van der Waals surface area contributed by atoms with Crippen molar-refractivity contribution >= 4 is 29.7 Å².